The average Bonchev–Trinajstić information content (AvgIpc) is 2.84. The number of carbonyl (C=O) groups is 1. The van der Waals surface area contributed by atoms with Gasteiger partial charge in [0.25, 0.3) is 0 Å². The molecule has 5 nitrogen and oxygen atoms in total. The van der Waals surface area contributed by atoms with Crippen molar-refractivity contribution in [2.75, 3.05) is 12.4 Å². The number of para-hydroxylation sites is 2. The standard InChI is InChI=1S/C30H31NO4/c1-18(2)20-14-10-15-21(19(3)4)29(20)31-27(32)17-26-28(24-13-8-9-16-25(24)34-5)22-11-6-7-12-23(22)30(33)35-26/h6-16,18-19H,17H2,1-5H3,(H,31,32). The second-order valence-corrected chi connectivity index (χ2v) is 9.28. The molecule has 0 spiro atoms. The summed E-state index contributed by atoms with van der Waals surface area (Å²) >= 11 is 0. The molecule has 1 aromatic heterocycles. The van der Waals surface area contributed by atoms with Crippen LogP contribution in [-0.4, -0.2) is 13.0 Å². The first kappa shape index (κ1) is 24.3. The van der Waals surface area contributed by atoms with Gasteiger partial charge in [-0.1, -0.05) is 82.3 Å². The molecule has 3 aromatic carbocycles. The molecule has 0 atom stereocenters. The highest BCUT2D eigenvalue weighted by molar-refractivity contribution is 6.01. The normalized spacial score (nSPS) is 11.3. The van der Waals surface area contributed by atoms with Crippen LogP contribution in [0.2, 0.25) is 0 Å². The van der Waals surface area contributed by atoms with Crippen molar-refractivity contribution >= 4 is 22.4 Å². The highest BCUT2D eigenvalue weighted by atomic mass is 16.5. The summed E-state index contributed by atoms with van der Waals surface area (Å²) < 4.78 is 11.4. The Hall–Kier alpha value is -3.86. The number of rotatable bonds is 7. The van der Waals surface area contributed by atoms with Gasteiger partial charge in [-0.2, -0.15) is 0 Å². The zero-order chi connectivity index (χ0) is 25.1. The van der Waals surface area contributed by atoms with E-state index >= 15 is 0 Å². The predicted molar refractivity (Wildman–Crippen MR) is 141 cm³/mol. The molecule has 35 heavy (non-hydrogen) atoms. The van der Waals surface area contributed by atoms with Gasteiger partial charge in [-0.25, -0.2) is 4.79 Å². The Morgan fingerprint density at radius 2 is 1.46 bits per heavy atom. The number of carbonyl (C=O) groups excluding carboxylic acids is 1. The van der Waals surface area contributed by atoms with Gasteiger partial charge in [-0.3, -0.25) is 4.79 Å². The highest BCUT2D eigenvalue weighted by Gasteiger charge is 2.22. The van der Waals surface area contributed by atoms with E-state index < -0.39 is 5.63 Å². The fraction of sp³-hybridized carbons (Fsp3) is 0.267. The number of ether oxygens (including phenoxy) is 1. The lowest BCUT2D eigenvalue weighted by molar-refractivity contribution is -0.115. The lowest BCUT2D eigenvalue weighted by Crippen LogP contribution is -2.19. The summed E-state index contributed by atoms with van der Waals surface area (Å²) in [5.41, 5.74) is 3.98. The molecule has 0 radical (unpaired) electrons. The number of benzene rings is 3. The van der Waals surface area contributed by atoms with Crippen molar-refractivity contribution < 1.29 is 13.9 Å². The maximum absolute atomic E-state index is 13.4. The molecule has 0 unspecified atom stereocenters. The maximum Gasteiger partial charge on any atom is 0.343 e. The summed E-state index contributed by atoms with van der Waals surface area (Å²) in [5, 5.41) is 4.32. The lowest BCUT2D eigenvalue weighted by Gasteiger charge is -2.20. The van der Waals surface area contributed by atoms with E-state index in [4.69, 9.17) is 9.15 Å². The molecule has 0 aliphatic carbocycles. The Balaban J connectivity index is 1.83. The fourth-order valence-corrected chi connectivity index (χ4v) is 4.54. The molecule has 0 fully saturated rings. The number of amides is 1. The summed E-state index contributed by atoms with van der Waals surface area (Å²) in [6.45, 7) is 8.43. The third kappa shape index (κ3) is 4.85. The molecule has 4 rings (SSSR count). The van der Waals surface area contributed by atoms with Gasteiger partial charge < -0.3 is 14.5 Å². The van der Waals surface area contributed by atoms with E-state index in [9.17, 15) is 9.59 Å². The van der Waals surface area contributed by atoms with E-state index in [2.05, 4.69) is 33.0 Å². The number of methoxy groups -OCH3 is 1. The highest BCUT2D eigenvalue weighted by Crippen LogP contribution is 2.37. The molecule has 1 heterocycles. The molecule has 0 aliphatic rings. The summed E-state index contributed by atoms with van der Waals surface area (Å²) in [5.74, 6) is 1.19. The number of hydrogen-bond donors (Lipinski definition) is 1. The van der Waals surface area contributed by atoms with E-state index in [-0.39, 0.29) is 24.2 Å². The van der Waals surface area contributed by atoms with E-state index in [0.717, 1.165) is 27.8 Å². The largest absolute Gasteiger partial charge is 0.496 e. The van der Waals surface area contributed by atoms with Crippen molar-refractivity contribution in [1.82, 2.24) is 0 Å². The topological polar surface area (TPSA) is 68.5 Å². The van der Waals surface area contributed by atoms with Crippen LogP contribution in [0.3, 0.4) is 0 Å². The van der Waals surface area contributed by atoms with Gasteiger partial charge in [-0.15, -0.1) is 0 Å². The molecular formula is C30H31NO4. The fourth-order valence-electron chi connectivity index (χ4n) is 4.54. The van der Waals surface area contributed by atoms with Gasteiger partial charge in [0.05, 0.1) is 18.9 Å². The van der Waals surface area contributed by atoms with Crippen LogP contribution in [0, 0.1) is 0 Å². The second-order valence-electron chi connectivity index (χ2n) is 9.28. The average molecular weight is 470 g/mol. The van der Waals surface area contributed by atoms with Crippen molar-refractivity contribution in [3.8, 4) is 16.9 Å². The van der Waals surface area contributed by atoms with Crippen LogP contribution in [0.15, 0.2) is 75.9 Å². The lowest BCUT2D eigenvalue weighted by atomic mass is 9.92. The minimum atomic E-state index is -0.465. The molecule has 0 saturated carbocycles. The molecule has 0 saturated heterocycles. The molecule has 0 bridgehead atoms. The van der Waals surface area contributed by atoms with Gasteiger partial charge in [0.1, 0.15) is 11.5 Å². The van der Waals surface area contributed by atoms with Crippen molar-refractivity contribution in [1.29, 1.82) is 0 Å². The minimum Gasteiger partial charge on any atom is -0.496 e. The Kier molecular flexibility index (Phi) is 7.06. The number of anilines is 1. The first-order chi connectivity index (χ1) is 16.8. The van der Waals surface area contributed by atoms with E-state index in [0.29, 0.717) is 22.5 Å². The number of nitrogens with one attached hydrogen (secondary N) is 1. The van der Waals surface area contributed by atoms with Gasteiger partial charge >= 0.3 is 5.63 Å². The summed E-state index contributed by atoms with van der Waals surface area (Å²) in [6.07, 6.45) is -0.0859. The summed E-state index contributed by atoms with van der Waals surface area (Å²) in [7, 11) is 1.60. The van der Waals surface area contributed by atoms with Crippen LogP contribution in [0.1, 0.15) is 56.4 Å². The van der Waals surface area contributed by atoms with Crippen LogP contribution in [0.4, 0.5) is 5.69 Å². The van der Waals surface area contributed by atoms with Crippen molar-refractivity contribution in [2.45, 2.75) is 46.0 Å². The molecule has 4 aromatic rings. The molecule has 180 valence electrons. The zero-order valence-corrected chi connectivity index (χ0v) is 20.8. The Bertz CT molecular complexity index is 1410. The molecular weight excluding hydrogens is 438 g/mol. The summed E-state index contributed by atoms with van der Waals surface area (Å²) in [6, 6.07) is 20.9. The smallest absolute Gasteiger partial charge is 0.343 e. The number of fused-ring (bicyclic) bond motifs is 1. The monoisotopic (exact) mass is 469 g/mol. The van der Waals surface area contributed by atoms with Gasteiger partial charge in [0.2, 0.25) is 5.91 Å². The van der Waals surface area contributed by atoms with Crippen LogP contribution in [0.25, 0.3) is 21.9 Å². The summed E-state index contributed by atoms with van der Waals surface area (Å²) in [4.78, 5) is 26.2. The van der Waals surface area contributed by atoms with Crippen LogP contribution in [-0.2, 0) is 11.2 Å². The van der Waals surface area contributed by atoms with Gasteiger partial charge in [0.15, 0.2) is 0 Å². The van der Waals surface area contributed by atoms with E-state index in [1.807, 2.05) is 54.6 Å². The van der Waals surface area contributed by atoms with E-state index in [1.54, 1.807) is 19.2 Å². The maximum atomic E-state index is 13.4. The second kappa shape index (κ2) is 10.2. The van der Waals surface area contributed by atoms with Gasteiger partial charge in [-0.05, 0) is 35.1 Å². The third-order valence-corrected chi connectivity index (χ3v) is 6.25. The molecule has 1 amide bonds. The number of hydrogen-bond acceptors (Lipinski definition) is 4. The zero-order valence-electron chi connectivity index (χ0n) is 20.8. The minimum absolute atomic E-state index is 0.0859. The molecule has 1 N–H and O–H groups in total. The third-order valence-electron chi connectivity index (χ3n) is 6.25. The van der Waals surface area contributed by atoms with Crippen molar-refractivity contribution in [3.63, 3.8) is 0 Å². The van der Waals surface area contributed by atoms with Crippen LogP contribution in [0.5, 0.6) is 5.75 Å². The first-order valence-corrected chi connectivity index (χ1v) is 11.9. The Labute approximate surface area is 205 Å². The van der Waals surface area contributed by atoms with Crippen LogP contribution < -0.4 is 15.7 Å². The Morgan fingerprint density at radius 1 is 0.857 bits per heavy atom. The first-order valence-electron chi connectivity index (χ1n) is 11.9. The quantitative estimate of drug-likeness (QED) is 0.320. The van der Waals surface area contributed by atoms with Crippen LogP contribution >= 0.6 is 0 Å². The molecule has 5 heteroatoms. The van der Waals surface area contributed by atoms with Gasteiger partial charge in [0, 0.05) is 22.2 Å². The Morgan fingerprint density at radius 3 is 2.09 bits per heavy atom. The molecule has 0 aliphatic heterocycles. The SMILES string of the molecule is COc1ccccc1-c1c(CC(=O)Nc2c(C(C)C)cccc2C(C)C)oc(=O)c2ccccc12. The van der Waals surface area contributed by atoms with E-state index in [1.165, 1.54) is 0 Å². The van der Waals surface area contributed by atoms with Crippen molar-refractivity contribution in [2.24, 2.45) is 0 Å². The van der Waals surface area contributed by atoms with Crippen molar-refractivity contribution in [3.05, 3.63) is 94.0 Å². The predicted octanol–water partition coefficient (Wildman–Crippen LogP) is 6.90.